The molecule has 0 amide bonds. The van der Waals surface area contributed by atoms with Gasteiger partial charge < -0.3 is 11.1 Å². The van der Waals surface area contributed by atoms with E-state index in [1.165, 1.54) is 14.1 Å². The summed E-state index contributed by atoms with van der Waals surface area (Å²) < 4.78 is 1.93. The first-order chi connectivity index (χ1) is 10.7. The predicted octanol–water partition coefficient (Wildman–Crippen LogP) is 1.00. The van der Waals surface area contributed by atoms with Crippen molar-refractivity contribution >= 4 is 28.9 Å². The van der Waals surface area contributed by atoms with Crippen LogP contribution in [0.25, 0.3) is 0 Å². The van der Waals surface area contributed by atoms with Gasteiger partial charge in [-0.05, 0) is 31.2 Å². The number of carbonyl (C=O) groups excluding carboxylic acids is 1. The number of Topliss-reactive ketones (excluding diaryl/α,β-unsaturated/α-hetero) is 1. The standard InChI is InChI=1S/C15H17ClN4O3/c1-8(18-10-6-4-9(16)5-7-10)12(21)11-13(17)19(2)15(23)20(3)14(11)22/h4-8,18H,17H2,1-3H3. The van der Waals surface area contributed by atoms with Crippen LogP contribution in [0.4, 0.5) is 11.5 Å². The molecule has 122 valence electrons. The summed E-state index contributed by atoms with van der Waals surface area (Å²) in [7, 11) is 2.71. The molecular weight excluding hydrogens is 320 g/mol. The van der Waals surface area contributed by atoms with Crippen LogP contribution < -0.4 is 22.3 Å². The van der Waals surface area contributed by atoms with Gasteiger partial charge in [0.15, 0.2) is 5.78 Å². The van der Waals surface area contributed by atoms with Crippen molar-refractivity contribution in [3.05, 3.63) is 55.7 Å². The summed E-state index contributed by atoms with van der Waals surface area (Å²) >= 11 is 5.81. The van der Waals surface area contributed by atoms with E-state index in [1.807, 2.05) is 0 Å². The minimum absolute atomic E-state index is 0.146. The maximum absolute atomic E-state index is 12.6. The molecule has 0 saturated carbocycles. The van der Waals surface area contributed by atoms with Gasteiger partial charge in [-0.25, -0.2) is 4.79 Å². The van der Waals surface area contributed by atoms with Crippen molar-refractivity contribution in [1.29, 1.82) is 0 Å². The number of nitrogen functional groups attached to an aromatic ring is 1. The molecule has 2 aromatic rings. The van der Waals surface area contributed by atoms with E-state index in [-0.39, 0.29) is 11.4 Å². The van der Waals surface area contributed by atoms with Crippen LogP contribution in [-0.2, 0) is 14.1 Å². The second-order valence-electron chi connectivity index (χ2n) is 5.20. The van der Waals surface area contributed by atoms with Crippen molar-refractivity contribution in [3.8, 4) is 0 Å². The Kier molecular flexibility index (Phi) is 4.60. The molecule has 0 radical (unpaired) electrons. The summed E-state index contributed by atoms with van der Waals surface area (Å²) in [5.41, 5.74) is 4.97. The number of anilines is 2. The topological polar surface area (TPSA) is 99.1 Å². The van der Waals surface area contributed by atoms with Crippen molar-refractivity contribution in [1.82, 2.24) is 9.13 Å². The molecule has 23 heavy (non-hydrogen) atoms. The van der Waals surface area contributed by atoms with Crippen LogP contribution in [-0.4, -0.2) is 21.0 Å². The molecule has 0 spiro atoms. The summed E-state index contributed by atoms with van der Waals surface area (Å²) in [4.78, 5) is 36.6. The van der Waals surface area contributed by atoms with Gasteiger partial charge >= 0.3 is 5.69 Å². The smallest absolute Gasteiger partial charge is 0.332 e. The highest BCUT2D eigenvalue weighted by molar-refractivity contribution is 6.30. The highest BCUT2D eigenvalue weighted by atomic mass is 35.5. The van der Waals surface area contributed by atoms with Gasteiger partial charge in [-0.3, -0.25) is 18.7 Å². The first kappa shape index (κ1) is 16.8. The zero-order valence-corrected chi connectivity index (χ0v) is 13.7. The normalized spacial score (nSPS) is 12.0. The van der Waals surface area contributed by atoms with Gasteiger partial charge in [0.1, 0.15) is 11.4 Å². The molecule has 0 aliphatic carbocycles. The summed E-state index contributed by atoms with van der Waals surface area (Å²) in [5, 5.41) is 3.55. The third-order valence-corrected chi connectivity index (χ3v) is 3.83. The Balaban J connectivity index is 2.39. The van der Waals surface area contributed by atoms with Crippen LogP contribution in [0.5, 0.6) is 0 Å². The lowest BCUT2D eigenvalue weighted by atomic mass is 10.1. The molecule has 1 aromatic heterocycles. The maximum Gasteiger partial charge on any atom is 0.332 e. The number of ketones is 1. The van der Waals surface area contributed by atoms with Gasteiger partial charge in [0.05, 0.1) is 6.04 Å². The van der Waals surface area contributed by atoms with E-state index in [9.17, 15) is 14.4 Å². The molecule has 8 heteroatoms. The van der Waals surface area contributed by atoms with Gasteiger partial charge in [-0.2, -0.15) is 0 Å². The molecule has 0 fully saturated rings. The summed E-state index contributed by atoms with van der Waals surface area (Å²) in [5.74, 6) is -0.637. The number of nitrogens with zero attached hydrogens (tertiary/aromatic N) is 2. The Labute approximate surface area is 137 Å². The molecule has 1 unspecified atom stereocenters. The van der Waals surface area contributed by atoms with Gasteiger partial charge in [0.2, 0.25) is 0 Å². The first-order valence-corrected chi connectivity index (χ1v) is 7.23. The van der Waals surface area contributed by atoms with E-state index in [0.29, 0.717) is 10.7 Å². The average molecular weight is 337 g/mol. The van der Waals surface area contributed by atoms with Gasteiger partial charge in [0.25, 0.3) is 5.56 Å². The highest BCUT2D eigenvalue weighted by Crippen LogP contribution is 2.16. The lowest BCUT2D eigenvalue weighted by molar-refractivity contribution is 0.0973. The van der Waals surface area contributed by atoms with Crippen molar-refractivity contribution in [3.63, 3.8) is 0 Å². The zero-order valence-electron chi connectivity index (χ0n) is 13.0. The fourth-order valence-corrected chi connectivity index (χ4v) is 2.30. The second-order valence-corrected chi connectivity index (χ2v) is 5.64. The molecule has 1 heterocycles. The van der Waals surface area contributed by atoms with E-state index < -0.39 is 23.1 Å². The van der Waals surface area contributed by atoms with Crippen LogP contribution >= 0.6 is 11.6 Å². The van der Waals surface area contributed by atoms with Crippen LogP contribution in [0.2, 0.25) is 5.02 Å². The molecule has 1 atom stereocenters. The Bertz CT molecular complexity index is 868. The minimum Gasteiger partial charge on any atom is -0.384 e. The number of benzene rings is 1. The number of carbonyl (C=O) groups is 1. The third-order valence-electron chi connectivity index (χ3n) is 3.58. The van der Waals surface area contributed by atoms with Crippen molar-refractivity contribution < 1.29 is 4.79 Å². The summed E-state index contributed by atoms with van der Waals surface area (Å²) in [6.07, 6.45) is 0. The molecule has 2 rings (SSSR count). The first-order valence-electron chi connectivity index (χ1n) is 6.85. The number of hydrogen-bond acceptors (Lipinski definition) is 5. The number of rotatable bonds is 4. The Morgan fingerprint density at radius 2 is 1.74 bits per heavy atom. The molecule has 7 nitrogen and oxygen atoms in total. The van der Waals surface area contributed by atoms with Gasteiger partial charge in [0, 0.05) is 24.8 Å². The van der Waals surface area contributed by atoms with E-state index in [4.69, 9.17) is 17.3 Å². The monoisotopic (exact) mass is 336 g/mol. The van der Waals surface area contributed by atoms with Crippen molar-refractivity contribution in [2.24, 2.45) is 14.1 Å². The molecule has 0 aliphatic rings. The fourth-order valence-electron chi connectivity index (χ4n) is 2.17. The van der Waals surface area contributed by atoms with Gasteiger partial charge in [-0.1, -0.05) is 11.6 Å². The fraction of sp³-hybridized carbons (Fsp3) is 0.267. The van der Waals surface area contributed by atoms with Crippen molar-refractivity contribution in [2.75, 3.05) is 11.1 Å². The molecule has 0 aliphatic heterocycles. The minimum atomic E-state index is -0.708. The highest BCUT2D eigenvalue weighted by Gasteiger charge is 2.24. The largest absolute Gasteiger partial charge is 0.384 e. The Hall–Kier alpha value is -2.54. The quantitative estimate of drug-likeness (QED) is 0.812. The second kappa shape index (κ2) is 6.29. The molecule has 3 N–H and O–H groups in total. The van der Waals surface area contributed by atoms with E-state index in [2.05, 4.69) is 5.32 Å². The molecule has 0 saturated heterocycles. The number of aromatic nitrogens is 2. The van der Waals surface area contributed by atoms with E-state index in [1.54, 1.807) is 31.2 Å². The van der Waals surface area contributed by atoms with Crippen LogP contribution in [0.15, 0.2) is 33.9 Å². The van der Waals surface area contributed by atoms with E-state index in [0.717, 1.165) is 9.13 Å². The number of nitrogens with one attached hydrogen (secondary N) is 1. The van der Waals surface area contributed by atoms with Gasteiger partial charge in [-0.15, -0.1) is 0 Å². The third kappa shape index (κ3) is 3.14. The van der Waals surface area contributed by atoms with Crippen LogP contribution in [0.1, 0.15) is 17.3 Å². The summed E-state index contributed by atoms with van der Waals surface area (Å²) in [6, 6.07) is 6.09. The number of halogens is 1. The van der Waals surface area contributed by atoms with Crippen molar-refractivity contribution in [2.45, 2.75) is 13.0 Å². The number of hydrogen-bond donors (Lipinski definition) is 2. The Morgan fingerprint density at radius 3 is 2.30 bits per heavy atom. The van der Waals surface area contributed by atoms with Crippen LogP contribution in [0.3, 0.4) is 0 Å². The average Bonchev–Trinajstić information content (AvgIpc) is 2.53. The SMILES string of the molecule is CC(Nc1ccc(Cl)cc1)C(=O)c1c(N)n(C)c(=O)n(C)c1=O. The Morgan fingerprint density at radius 1 is 1.17 bits per heavy atom. The number of nitrogens with two attached hydrogens (primary N) is 1. The summed E-state index contributed by atoms with van der Waals surface area (Å²) in [6.45, 7) is 1.61. The van der Waals surface area contributed by atoms with Crippen LogP contribution in [0, 0.1) is 0 Å². The lowest BCUT2D eigenvalue weighted by Crippen LogP contribution is -2.43. The molecule has 1 aromatic carbocycles. The predicted molar refractivity (Wildman–Crippen MR) is 90.2 cm³/mol. The van der Waals surface area contributed by atoms with E-state index >= 15 is 0 Å². The zero-order chi connectivity index (χ0) is 17.3. The maximum atomic E-state index is 12.6. The molecule has 0 bridgehead atoms. The lowest BCUT2D eigenvalue weighted by Gasteiger charge is -2.16. The molecular formula is C15H17ClN4O3.